The van der Waals surface area contributed by atoms with E-state index >= 15 is 0 Å². The minimum absolute atomic E-state index is 0.156. The Bertz CT molecular complexity index is 1980. The zero-order chi connectivity index (χ0) is 32.1. The highest BCUT2D eigenvalue weighted by Crippen LogP contribution is 2.55. The molecule has 0 fully saturated rings. The predicted octanol–water partition coefficient (Wildman–Crippen LogP) is 12.5. The molecule has 0 saturated heterocycles. The average Bonchev–Trinajstić information content (AvgIpc) is 3.32. The Morgan fingerprint density at radius 2 is 1.36 bits per heavy atom. The van der Waals surface area contributed by atoms with Gasteiger partial charge in [-0.25, -0.2) is 0 Å². The Kier molecular flexibility index (Phi) is 7.55. The standard InChI is InChI=1S/C45H46N2/c1-31-16-15-22-35(28-31)46(33-18-7-5-8-19-33)36-26-27-39-40(29-36)45(3,4)41-30-43(37-23-12-13-24-38(37)44(39)41)47(34-20-9-6-10-21-34)42-25-14-11-17-32(42)2/h5-13,17-24,26-27,29-32,42H,14-16,25,28H2,1-4H3. The Morgan fingerprint density at radius 3 is 2.09 bits per heavy atom. The molecular formula is C45H46N2. The summed E-state index contributed by atoms with van der Waals surface area (Å²) < 4.78 is 0. The molecule has 5 aromatic carbocycles. The van der Waals surface area contributed by atoms with Crippen LogP contribution in [-0.2, 0) is 5.41 Å². The number of hydrogen-bond acceptors (Lipinski definition) is 2. The molecule has 8 rings (SSSR count). The molecule has 0 aliphatic heterocycles. The maximum Gasteiger partial charge on any atom is 0.0496 e. The smallest absolute Gasteiger partial charge is 0.0496 e. The summed E-state index contributed by atoms with van der Waals surface area (Å²) in [7, 11) is 0. The Hall–Kier alpha value is -4.56. The molecule has 0 N–H and O–H groups in total. The van der Waals surface area contributed by atoms with E-state index in [4.69, 9.17) is 0 Å². The van der Waals surface area contributed by atoms with Gasteiger partial charge >= 0.3 is 0 Å². The lowest BCUT2D eigenvalue weighted by Gasteiger charge is -2.39. The van der Waals surface area contributed by atoms with E-state index in [-0.39, 0.29) is 5.41 Å². The quantitative estimate of drug-likeness (QED) is 0.176. The van der Waals surface area contributed by atoms with Gasteiger partial charge < -0.3 is 9.80 Å². The summed E-state index contributed by atoms with van der Waals surface area (Å²) in [6.07, 6.45) is 13.0. The minimum Gasteiger partial charge on any atom is -0.337 e. The molecule has 2 nitrogen and oxygen atoms in total. The summed E-state index contributed by atoms with van der Waals surface area (Å²) in [5.74, 6) is 1.15. The topological polar surface area (TPSA) is 6.48 Å². The van der Waals surface area contributed by atoms with Crippen LogP contribution < -0.4 is 9.80 Å². The lowest BCUT2D eigenvalue weighted by atomic mass is 9.81. The molecule has 2 heteroatoms. The number of fused-ring (bicyclic) bond motifs is 5. The van der Waals surface area contributed by atoms with E-state index in [1.165, 1.54) is 67.9 Å². The molecule has 3 aliphatic rings. The fraction of sp³-hybridized carbons (Fsp3) is 0.289. The van der Waals surface area contributed by atoms with Crippen LogP contribution in [0.4, 0.5) is 22.7 Å². The van der Waals surface area contributed by atoms with Gasteiger partial charge in [0.1, 0.15) is 0 Å². The number of benzene rings is 5. The first-order chi connectivity index (χ1) is 22.9. The number of hydrogen-bond donors (Lipinski definition) is 0. The van der Waals surface area contributed by atoms with Crippen molar-refractivity contribution < 1.29 is 0 Å². The number of nitrogens with zero attached hydrogens (tertiary/aromatic N) is 2. The maximum absolute atomic E-state index is 2.66. The van der Waals surface area contributed by atoms with Crippen molar-refractivity contribution in [2.45, 2.75) is 71.3 Å². The second-order valence-electron chi connectivity index (χ2n) is 14.6. The van der Waals surface area contributed by atoms with Crippen molar-refractivity contribution in [3.63, 3.8) is 0 Å². The highest BCUT2D eigenvalue weighted by molar-refractivity contribution is 6.09. The Balaban J connectivity index is 1.31. The summed E-state index contributed by atoms with van der Waals surface area (Å²) in [6, 6.07) is 41.4. The van der Waals surface area contributed by atoms with Crippen molar-refractivity contribution in [1.29, 1.82) is 0 Å². The van der Waals surface area contributed by atoms with Gasteiger partial charge in [-0.05, 0) is 114 Å². The van der Waals surface area contributed by atoms with Crippen LogP contribution >= 0.6 is 0 Å². The zero-order valence-corrected chi connectivity index (χ0v) is 28.3. The van der Waals surface area contributed by atoms with Gasteiger partial charge in [-0.15, -0.1) is 0 Å². The van der Waals surface area contributed by atoms with Crippen molar-refractivity contribution in [3.05, 3.63) is 144 Å². The molecule has 0 saturated carbocycles. The lowest BCUT2D eigenvalue weighted by Crippen LogP contribution is -2.37. The first-order valence-corrected chi connectivity index (χ1v) is 17.7. The number of para-hydroxylation sites is 2. The third-order valence-electron chi connectivity index (χ3n) is 11.1. The SMILES string of the molecule is CC1CCC=C(N(c2ccccc2)c2ccc3c(c2)C(C)(C)c2cc(N(c4ccccc4)C4CCC=CC4C)c4ccccc4c2-3)C1. The predicted molar refractivity (Wildman–Crippen MR) is 201 cm³/mol. The first-order valence-electron chi connectivity index (χ1n) is 17.7. The van der Waals surface area contributed by atoms with Crippen molar-refractivity contribution in [3.8, 4) is 11.1 Å². The average molecular weight is 615 g/mol. The fourth-order valence-corrected chi connectivity index (χ4v) is 8.64. The van der Waals surface area contributed by atoms with Gasteiger partial charge in [-0.1, -0.05) is 113 Å². The van der Waals surface area contributed by atoms with Crippen molar-refractivity contribution >= 4 is 33.5 Å². The van der Waals surface area contributed by atoms with Crippen molar-refractivity contribution in [2.75, 3.05) is 9.80 Å². The van der Waals surface area contributed by atoms with E-state index in [2.05, 4.69) is 165 Å². The van der Waals surface area contributed by atoms with Gasteiger partial charge in [0, 0.05) is 45.3 Å². The molecule has 0 spiro atoms. The molecule has 47 heavy (non-hydrogen) atoms. The maximum atomic E-state index is 2.66. The van der Waals surface area contributed by atoms with E-state index in [1.807, 2.05) is 0 Å². The third-order valence-corrected chi connectivity index (χ3v) is 11.1. The van der Waals surface area contributed by atoms with Crippen LogP contribution in [0.15, 0.2) is 133 Å². The van der Waals surface area contributed by atoms with E-state index in [0.717, 1.165) is 25.7 Å². The van der Waals surface area contributed by atoms with Crippen LogP contribution in [0, 0.1) is 11.8 Å². The zero-order valence-electron chi connectivity index (χ0n) is 28.3. The molecule has 3 atom stereocenters. The van der Waals surface area contributed by atoms with E-state index in [9.17, 15) is 0 Å². The molecule has 0 radical (unpaired) electrons. The Labute approximate surface area is 281 Å². The monoisotopic (exact) mass is 614 g/mol. The number of rotatable bonds is 6. The second-order valence-corrected chi connectivity index (χ2v) is 14.6. The molecule has 3 unspecified atom stereocenters. The highest BCUT2D eigenvalue weighted by Gasteiger charge is 2.39. The van der Waals surface area contributed by atoms with Crippen LogP contribution in [0.1, 0.15) is 70.9 Å². The second kappa shape index (κ2) is 11.9. The Morgan fingerprint density at radius 1 is 0.660 bits per heavy atom. The van der Waals surface area contributed by atoms with Crippen LogP contribution in [0.25, 0.3) is 21.9 Å². The molecule has 236 valence electrons. The molecule has 5 aromatic rings. The van der Waals surface area contributed by atoms with Gasteiger partial charge in [-0.3, -0.25) is 0 Å². The van der Waals surface area contributed by atoms with Crippen molar-refractivity contribution in [2.24, 2.45) is 11.8 Å². The molecule has 0 heterocycles. The molecular weight excluding hydrogens is 569 g/mol. The fourth-order valence-electron chi connectivity index (χ4n) is 8.64. The summed E-state index contributed by atoms with van der Waals surface area (Å²) in [5.41, 5.74) is 12.0. The minimum atomic E-state index is -0.156. The number of anilines is 4. The molecule has 0 amide bonds. The van der Waals surface area contributed by atoms with E-state index < -0.39 is 0 Å². The summed E-state index contributed by atoms with van der Waals surface area (Å²) in [5, 5.41) is 2.68. The molecule has 3 aliphatic carbocycles. The van der Waals surface area contributed by atoms with Crippen LogP contribution in [0.3, 0.4) is 0 Å². The van der Waals surface area contributed by atoms with Gasteiger partial charge in [0.2, 0.25) is 0 Å². The van der Waals surface area contributed by atoms with Crippen LogP contribution in [-0.4, -0.2) is 6.04 Å². The third kappa shape index (κ3) is 5.10. The van der Waals surface area contributed by atoms with E-state index in [1.54, 1.807) is 0 Å². The van der Waals surface area contributed by atoms with Gasteiger partial charge in [0.05, 0.1) is 0 Å². The first kappa shape index (κ1) is 29.8. The van der Waals surface area contributed by atoms with E-state index in [0.29, 0.717) is 17.9 Å². The van der Waals surface area contributed by atoms with Crippen LogP contribution in [0.2, 0.25) is 0 Å². The normalized spacial score (nSPS) is 21.2. The lowest BCUT2D eigenvalue weighted by molar-refractivity contribution is 0.479. The van der Waals surface area contributed by atoms with Gasteiger partial charge in [-0.2, -0.15) is 0 Å². The summed E-state index contributed by atoms with van der Waals surface area (Å²) in [4.78, 5) is 5.18. The number of allylic oxidation sites excluding steroid dienone is 3. The molecule has 0 bridgehead atoms. The van der Waals surface area contributed by atoms with Gasteiger partial charge in [0.15, 0.2) is 0 Å². The van der Waals surface area contributed by atoms with Crippen molar-refractivity contribution in [1.82, 2.24) is 0 Å². The van der Waals surface area contributed by atoms with Crippen LogP contribution in [0.5, 0.6) is 0 Å². The highest BCUT2D eigenvalue weighted by atomic mass is 15.2. The summed E-state index contributed by atoms with van der Waals surface area (Å²) >= 11 is 0. The van der Waals surface area contributed by atoms with Gasteiger partial charge in [0.25, 0.3) is 0 Å². The largest absolute Gasteiger partial charge is 0.337 e. The summed E-state index contributed by atoms with van der Waals surface area (Å²) in [6.45, 7) is 9.65. The molecule has 0 aromatic heterocycles.